The van der Waals surface area contributed by atoms with Crippen LogP contribution in [0.1, 0.15) is 68.4 Å². The summed E-state index contributed by atoms with van der Waals surface area (Å²) < 4.78 is 5.54. The Bertz CT molecular complexity index is 957. The number of carbonyl (C=O) groups excluding carboxylic acids is 2. The van der Waals surface area contributed by atoms with Crippen molar-refractivity contribution < 1.29 is 29.4 Å². The minimum absolute atomic E-state index is 0.0526. The van der Waals surface area contributed by atoms with Crippen LogP contribution in [0.4, 0.5) is 4.79 Å². The molecule has 188 valence electrons. The number of nitrogens with zero attached hydrogens (tertiary/aromatic N) is 1. The van der Waals surface area contributed by atoms with E-state index in [4.69, 9.17) is 9.57 Å². The van der Waals surface area contributed by atoms with E-state index < -0.39 is 24.5 Å². The van der Waals surface area contributed by atoms with E-state index in [-0.39, 0.29) is 12.3 Å². The highest BCUT2D eigenvalue weighted by atomic mass is 16.7. The minimum Gasteiger partial charge on any atom is -0.449 e. The van der Waals surface area contributed by atoms with Gasteiger partial charge in [-0.15, -0.1) is 0 Å². The predicted octanol–water partition coefficient (Wildman–Crippen LogP) is 4.06. The molecule has 1 heterocycles. The molecule has 3 N–H and O–H groups in total. The molecule has 2 aliphatic rings. The lowest BCUT2D eigenvalue weighted by Crippen LogP contribution is -2.37. The summed E-state index contributed by atoms with van der Waals surface area (Å²) in [5.41, 5.74) is 4.80. The van der Waals surface area contributed by atoms with Crippen molar-refractivity contribution in [3.8, 4) is 11.1 Å². The highest BCUT2D eigenvalue weighted by Crippen LogP contribution is 2.44. The smallest absolute Gasteiger partial charge is 0.407 e. The van der Waals surface area contributed by atoms with E-state index in [9.17, 15) is 19.8 Å². The fraction of sp³-hybridized carbons (Fsp3) is 0.481. The van der Waals surface area contributed by atoms with Crippen molar-refractivity contribution in [2.45, 2.75) is 69.7 Å². The molecule has 8 nitrogen and oxygen atoms in total. The van der Waals surface area contributed by atoms with Crippen molar-refractivity contribution >= 4 is 12.1 Å². The average molecular weight is 483 g/mol. The molecule has 4 rings (SSSR count). The highest BCUT2D eigenvalue weighted by molar-refractivity contribution is 5.79. The summed E-state index contributed by atoms with van der Waals surface area (Å²) in [7, 11) is 0. The Morgan fingerprint density at radius 3 is 2.09 bits per heavy atom. The number of unbranched alkanes of at least 4 members (excludes halogenated alkanes) is 4. The summed E-state index contributed by atoms with van der Waals surface area (Å²) in [6, 6.07) is 16.5. The first-order valence-electron chi connectivity index (χ1n) is 12.5. The van der Waals surface area contributed by atoms with Crippen LogP contribution in [0, 0.1) is 0 Å². The third kappa shape index (κ3) is 6.39. The van der Waals surface area contributed by atoms with Crippen molar-refractivity contribution in [2.24, 2.45) is 0 Å². The van der Waals surface area contributed by atoms with Gasteiger partial charge in [0.15, 0.2) is 0 Å². The molecule has 0 radical (unpaired) electrons. The standard InChI is InChI=1S/C27H34N2O6/c30-24-15-16-25(31)29(24)35-26(32)14-4-2-1-3-9-17-28-27(33)34-18-23-21-12-7-5-10-19(21)20-11-6-8-13-22(20)23/h5-8,10-13,23-25,30-31H,1-4,9,14-18H2,(H,28,33). The summed E-state index contributed by atoms with van der Waals surface area (Å²) in [4.78, 5) is 29.1. The van der Waals surface area contributed by atoms with Crippen molar-refractivity contribution in [2.75, 3.05) is 13.2 Å². The number of nitrogens with one attached hydrogen (secondary N) is 1. The maximum Gasteiger partial charge on any atom is 0.407 e. The summed E-state index contributed by atoms with van der Waals surface area (Å²) in [5, 5.41) is 23.1. The van der Waals surface area contributed by atoms with Crippen LogP contribution in [-0.2, 0) is 14.4 Å². The van der Waals surface area contributed by atoms with Crippen LogP contribution in [0.25, 0.3) is 11.1 Å². The second-order valence-electron chi connectivity index (χ2n) is 9.13. The van der Waals surface area contributed by atoms with Crippen LogP contribution in [0.15, 0.2) is 48.5 Å². The van der Waals surface area contributed by atoms with Gasteiger partial charge in [0, 0.05) is 18.9 Å². The predicted molar refractivity (Wildman–Crippen MR) is 130 cm³/mol. The van der Waals surface area contributed by atoms with E-state index in [1.807, 2.05) is 24.3 Å². The molecule has 0 saturated carbocycles. The number of hydroxylamine groups is 2. The van der Waals surface area contributed by atoms with Gasteiger partial charge in [0.05, 0.1) is 0 Å². The molecule has 8 heteroatoms. The molecule has 35 heavy (non-hydrogen) atoms. The largest absolute Gasteiger partial charge is 0.449 e. The first kappa shape index (κ1) is 25.2. The Balaban J connectivity index is 1.06. The van der Waals surface area contributed by atoms with Gasteiger partial charge < -0.3 is 25.1 Å². The zero-order valence-corrected chi connectivity index (χ0v) is 19.9. The molecule has 1 aliphatic heterocycles. The lowest BCUT2D eigenvalue weighted by atomic mass is 9.98. The van der Waals surface area contributed by atoms with Gasteiger partial charge in [-0.05, 0) is 47.9 Å². The molecule has 2 atom stereocenters. The minimum atomic E-state index is -0.932. The normalized spacial score (nSPS) is 19.3. The van der Waals surface area contributed by atoms with E-state index in [0.717, 1.165) is 30.7 Å². The van der Waals surface area contributed by atoms with Gasteiger partial charge in [-0.2, -0.15) is 0 Å². The molecule has 1 amide bonds. The Hall–Kier alpha value is -2.94. The molecule has 2 unspecified atom stereocenters. The number of carbonyl (C=O) groups is 2. The van der Waals surface area contributed by atoms with Gasteiger partial charge in [-0.3, -0.25) is 4.79 Å². The number of ether oxygens (including phenoxy) is 1. The highest BCUT2D eigenvalue weighted by Gasteiger charge is 2.34. The molecule has 1 saturated heterocycles. The van der Waals surface area contributed by atoms with Crippen molar-refractivity contribution in [1.82, 2.24) is 10.4 Å². The summed E-state index contributed by atoms with van der Waals surface area (Å²) >= 11 is 0. The summed E-state index contributed by atoms with van der Waals surface area (Å²) in [5.74, 6) is -0.390. The second-order valence-corrected chi connectivity index (χ2v) is 9.13. The Morgan fingerprint density at radius 2 is 1.43 bits per heavy atom. The Morgan fingerprint density at radius 1 is 0.857 bits per heavy atom. The monoisotopic (exact) mass is 482 g/mol. The quantitative estimate of drug-likeness (QED) is 0.415. The number of hydrogen-bond acceptors (Lipinski definition) is 7. The Kier molecular flexibility index (Phi) is 8.74. The summed E-state index contributed by atoms with van der Waals surface area (Å²) in [6.07, 6.45) is 3.00. The molecule has 0 aromatic heterocycles. The average Bonchev–Trinajstić information content (AvgIpc) is 3.36. The van der Waals surface area contributed by atoms with Gasteiger partial charge in [-0.1, -0.05) is 72.9 Å². The summed E-state index contributed by atoms with van der Waals surface area (Å²) in [6.45, 7) is 0.852. The number of hydrogen-bond donors (Lipinski definition) is 3. The van der Waals surface area contributed by atoms with Gasteiger partial charge in [0.1, 0.15) is 19.1 Å². The number of fused-ring (bicyclic) bond motifs is 3. The lowest BCUT2D eigenvalue weighted by molar-refractivity contribution is -0.261. The lowest BCUT2D eigenvalue weighted by Gasteiger charge is -2.21. The zero-order chi connectivity index (χ0) is 24.6. The van der Waals surface area contributed by atoms with E-state index in [2.05, 4.69) is 29.6 Å². The fourth-order valence-corrected chi connectivity index (χ4v) is 4.80. The third-order valence-electron chi connectivity index (χ3n) is 6.65. The van der Waals surface area contributed by atoms with Gasteiger partial charge in [0.25, 0.3) is 0 Å². The van der Waals surface area contributed by atoms with Crippen LogP contribution < -0.4 is 5.32 Å². The van der Waals surface area contributed by atoms with Crippen LogP contribution in [0.2, 0.25) is 0 Å². The van der Waals surface area contributed by atoms with Crippen LogP contribution in [-0.4, -0.2) is 52.9 Å². The number of aliphatic hydroxyl groups excluding tert-OH is 2. The Labute approximate surface area is 205 Å². The molecule has 1 aliphatic carbocycles. The third-order valence-corrected chi connectivity index (χ3v) is 6.65. The molecule has 2 aromatic rings. The zero-order valence-electron chi connectivity index (χ0n) is 19.9. The van der Waals surface area contributed by atoms with Crippen molar-refractivity contribution in [3.05, 3.63) is 59.7 Å². The van der Waals surface area contributed by atoms with Crippen molar-refractivity contribution in [3.63, 3.8) is 0 Å². The van der Waals surface area contributed by atoms with E-state index >= 15 is 0 Å². The van der Waals surface area contributed by atoms with Gasteiger partial charge in [-0.25, -0.2) is 4.79 Å². The maximum atomic E-state index is 12.2. The van der Waals surface area contributed by atoms with Gasteiger partial charge in [0.2, 0.25) is 0 Å². The molecule has 1 fully saturated rings. The maximum absolute atomic E-state index is 12.2. The van der Waals surface area contributed by atoms with Crippen molar-refractivity contribution in [1.29, 1.82) is 0 Å². The van der Waals surface area contributed by atoms with Crippen LogP contribution in [0.5, 0.6) is 0 Å². The number of aliphatic hydroxyl groups is 2. The van der Waals surface area contributed by atoms with E-state index in [1.165, 1.54) is 22.3 Å². The first-order chi connectivity index (χ1) is 17.0. The molecular formula is C27H34N2O6. The first-order valence-corrected chi connectivity index (χ1v) is 12.5. The van der Waals surface area contributed by atoms with E-state index in [1.54, 1.807) is 0 Å². The SMILES string of the molecule is O=C(CCCCCCCNC(=O)OCC1c2ccccc2-c2ccccc21)ON1C(O)CCC1O. The number of benzene rings is 2. The van der Waals surface area contributed by atoms with Gasteiger partial charge >= 0.3 is 12.1 Å². The number of alkyl carbamates (subject to hydrolysis) is 1. The molecule has 0 spiro atoms. The van der Waals surface area contributed by atoms with Crippen LogP contribution in [0.3, 0.4) is 0 Å². The second kappa shape index (κ2) is 12.2. The van der Waals surface area contributed by atoms with E-state index in [0.29, 0.717) is 32.4 Å². The fourth-order valence-electron chi connectivity index (χ4n) is 4.80. The number of amides is 1. The topological polar surface area (TPSA) is 108 Å². The number of rotatable bonds is 11. The molecule has 0 bridgehead atoms. The molecular weight excluding hydrogens is 448 g/mol. The van der Waals surface area contributed by atoms with Crippen LogP contribution >= 0.6 is 0 Å². The molecule has 2 aromatic carbocycles.